The number of methoxy groups -OCH3 is 1. The van der Waals surface area contributed by atoms with E-state index in [0.29, 0.717) is 11.3 Å². The zero-order valence-corrected chi connectivity index (χ0v) is 15.8. The summed E-state index contributed by atoms with van der Waals surface area (Å²) in [5.74, 6) is -0.0142. The molecule has 0 spiro atoms. The average Bonchev–Trinajstić information content (AvgIpc) is 3.08. The van der Waals surface area contributed by atoms with Crippen LogP contribution in [0, 0.1) is 17.0 Å². The maximum atomic E-state index is 12.5. The largest absolute Gasteiger partial charge is 0.490 e. The molecule has 0 saturated heterocycles. The summed E-state index contributed by atoms with van der Waals surface area (Å²) < 4.78 is 5.08. The smallest absolute Gasteiger partial charge is 0.311 e. The molecule has 1 N–H and O–H groups in total. The van der Waals surface area contributed by atoms with Gasteiger partial charge in [-0.1, -0.05) is 0 Å². The Morgan fingerprint density at radius 2 is 2.27 bits per heavy atom. The van der Waals surface area contributed by atoms with Gasteiger partial charge in [-0.2, -0.15) is 0 Å². The van der Waals surface area contributed by atoms with Crippen molar-refractivity contribution in [3.8, 4) is 5.75 Å². The Hall–Kier alpha value is -2.45. The Labute approximate surface area is 155 Å². The number of carbonyl (C=O) groups excluding carboxylic acids is 1. The van der Waals surface area contributed by atoms with Crippen LogP contribution in [-0.4, -0.2) is 35.9 Å². The number of carbonyl (C=O) groups is 1. The van der Waals surface area contributed by atoms with Crippen molar-refractivity contribution in [3.05, 3.63) is 49.7 Å². The van der Waals surface area contributed by atoms with Crippen LogP contribution in [0.1, 0.15) is 29.0 Å². The molecule has 1 aliphatic rings. The van der Waals surface area contributed by atoms with Crippen molar-refractivity contribution in [1.29, 1.82) is 0 Å². The van der Waals surface area contributed by atoms with Crippen LogP contribution >= 0.6 is 11.3 Å². The van der Waals surface area contributed by atoms with Crippen molar-refractivity contribution >= 4 is 28.6 Å². The predicted octanol–water partition coefficient (Wildman–Crippen LogP) is 3.53. The van der Waals surface area contributed by atoms with Crippen molar-refractivity contribution in [2.24, 2.45) is 0 Å². The first-order valence-electron chi connectivity index (χ1n) is 8.34. The van der Waals surface area contributed by atoms with Gasteiger partial charge in [-0.3, -0.25) is 19.8 Å². The summed E-state index contributed by atoms with van der Waals surface area (Å²) in [5, 5.41) is 16.0. The van der Waals surface area contributed by atoms with Crippen molar-refractivity contribution in [1.82, 2.24) is 4.90 Å². The molecule has 2 heterocycles. The maximum Gasteiger partial charge on any atom is 0.311 e. The highest BCUT2D eigenvalue weighted by atomic mass is 32.1. The molecule has 2 aromatic rings. The number of nitro groups is 1. The van der Waals surface area contributed by atoms with Gasteiger partial charge in [-0.15, -0.1) is 11.3 Å². The molecule has 7 nitrogen and oxygen atoms in total. The van der Waals surface area contributed by atoms with Crippen LogP contribution in [0.25, 0.3) is 0 Å². The molecule has 1 aromatic carbocycles. The van der Waals surface area contributed by atoms with Gasteiger partial charge in [0.15, 0.2) is 5.75 Å². The number of amides is 1. The minimum atomic E-state index is -0.495. The van der Waals surface area contributed by atoms with E-state index in [-0.39, 0.29) is 29.9 Å². The molecule has 138 valence electrons. The Morgan fingerprint density at radius 3 is 2.96 bits per heavy atom. The van der Waals surface area contributed by atoms with Gasteiger partial charge in [0.25, 0.3) is 0 Å². The number of hydrogen-bond donors (Lipinski definition) is 1. The third kappa shape index (κ3) is 3.56. The van der Waals surface area contributed by atoms with E-state index in [1.54, 1.807) is 18.3 Å². The number of benzene rings is 1. The van der Waals surface area contributed by atoms with E-state index in [1.165, 1.54) is 29.7 Å². The number of nitro benzene ring substituents is 1. The summed E-state index contributed by atoms with van der Waals surface area (Å²) in [6.07, 6.45) is 0.953. The van der Waals surface area contributed by atoms with E-state index in [9.17, 15) is 14.9 Å². The molecule has 1 aliphatic heterocycles. The van der Waals surface area contributed by atoms with E-state index in [4.69, 9.17) is 4.74 Å². The second kappa shape index (κ2) is 7.43. The number of aryl methyl sites for hydroxylation is 1. The monoisotopic (exact) mass is 375 g/mol. The SMILES string of the molecule is COc1cc(NC(=O)CN2CCc3sccc3[C@H]2C)c(C)cc1[N+](=O)[O-]. The quantitative estimate of drug-likeness (QED) is 0.638. The topological polar surface area (TPSA) is 84.7 Å². The van der Waals surface area contributed by atoms with E-state index in [0.717, 1.165) is 13.0 Å². The highest BCUT2D eigenvalue weighted by Crippen LogP contribution is 2.34. The molecule has 1 atom stereocenters. The second-order valence-electron chi connectivity index (χ2n) is 6.34. The van der Waals surface area contributed by atoms with Gasteiger partial charge < -0.3 is 10.1 Å². The Bertz CT molecular complexity index is 849. The molecule has 26 heavy (non-hydrogen) atoms. The first-order valence-corrected chi connectivity index (χ1v) is 9.22. The van der Waals surface area contributed by atoms with Gasteiger partial charge in [0.2, 0.25) is 5.91 Å². The van der Waals surface area contributed by atoms with E-state index >= 15 is 0 Å². The summed E-state index contributed by atoms with van der Waals surface area (Å²) in [7, 11) is 1.37. The predicted molar refractivity (Wildman–Crippen MR) is 101 cm³/mol. The summed E-state index contributed by atoms with van der Waals surface area (Å²) in [6, 6.07) is 5.24. The molecular formula is C18H21N3O4S. The number of thiophene rings is 1. The molecular weight excluding hydrogens is 354 g/mol. The maximum absolute atomic E-state index is 12.5. The number of nitrogens with one attached hydrogen (secondary N) is 1. The van der Waals surface area contributed by atoms with Gasteiger partial charge in [0.05, 0.1) is 18.6 Å². The zero-order valence-electron chi connectivity index (χ0n) is 14.9. The van der Waals surface area contributed by atoms with Crippen molar-refractivity contribution < 1.29 is 14.5 Å². The Kier molecular flexibility index (Phi) is 5.24. The normalized spacial score (nSPS) is 16.8. The first kappa shape index (κ1) is 18.3. The number of rotatable bonds is 5. The summed E-state index contributed by atoms with van der Waals surface area (Å²) >= 11 is 1.77. The minimum Gasteiger partial charge on any atom is -0.490 e. The van der Waals surface area contributed by atoms with Crippen molar-refractivity contribution in [3.63, 3.8) is 0 Å². The summed E-state index contributed by atoms with van der Waals surface area (Å²) in [6.45, 7) is 4.95. The molecule has 0 aliphatic carbocycles. The molecule has 0 unspecified atom stereocenters. The van der Waals surface area contributed by atoms with Crippen LogP contribution < -0.4 is 10.1 Å². The van der Waals surface area contributed by atoms with Crippen LogP contribution in [-0.2, 0) is 11.2 Å². The molecule has 0 radical (unpaired) electrons. The van der Waals surface area contributed by atoms with E-state index < -0.39 is 4.92 Å². The lowest BCUT2D eigenvalue weighted by Gasteiger charge is -2.33. The Balaban J connectivity index is 1.72. The van der Waals surface area contributed by atoms with Crippen LogP contribution in [0.3, 0.4) is 0 Å². The molecule has 1 aromatic heterocycles. The lowest BCUT2D eigenvalue weighted by atomic mass is 10.0. The van der Waals surface area contributed by atoms with Gasteiger partial charge in [0, 0.05) is 35.3 Å². The van der Waals surface area contributed by atoms with Crippen LogP contribution in [0.2, 0.25) is 0 Å². The number of hydrogen-bond acceptors (Lipinski definition) is 6. The lowest BCUT2D eigenvalue weighted by molar-refractivity contribution is -0.385. The van der Waals surface area contributed by atoms with E-state index in [1.807, 2.05) is 0 Å². The number of anilines is 1. The summed E-state index contributed by atoms with van der Waals surface area (Å²) in [5.41, 5.74) is 2.33. The fourth-order valence-corrected chi connectivity index (χ4v) is 4.23. The van der Waals surface area contributed by atoms with Crippen molar-refractivity contribution in [2.75, 3.05) is 25.5 Å². The molecule has 0 saturated carbocycles. The molecule has 3 rings (SSSR count). The average molecular weight is 375 g/mol. The number of nitrogens with zero attached hydrogens (tertiary/aromatic N) is 2. The molecule has 8 heteroatoms. The van der Waals surface area contributed by atoms with Crippen LogP contribution in [0.5, 0.6) is 5.75 Å². The fraction of sp³-hybridized carbons (Fsp3) is 0.389. The molecule has 0 fully saturated rings. The van der Waals surface area contributed by atoms with Gasteiger partial charge in [0.1, 0.15) is 0 Å². The third-order valence-corrected chi connectivity index (χ3v) is 5.74. The first-order chi connectivity index (χ1) is 12.4. The van der Waals surface area contributed by atoms with Gasteiger partial charge in [-0.05, 0) is 42.8 Å². The van der Waals surface area contributed by atoms with Crippen molar-refractivity contribution in [2.45, 2.75) is 26.3 Å². The highest BCUT2D eigenvalue weighted by Gasteiger charge is 2.26. The molecule has 1 amide bonds. The van der Waals surface area contributed by atoms with Crippen LogP contribution in [0.4, 0.5) is 11.4 Å². The molecule has 0 bridgehead atoms. The number of fused-ring (bicyclic) bond motifs is 1. The highest BCUT2D eigenvalue weighted by molar-refractivity contribution is 7.10. The minimum absolute atomic E-state index is 0.113. The summed E-state index contributed by atoms with van der Waals surface area (Å²) in [4.78, 5) is 26.6. The fourth-order valence-electron chi connectivity index (χ4n) is 3.27. The van der Waals surface area contributed by atoms with Crippen LogP contribution in [0.15, 0.2) is 23.6 Å². The number of ether oxygens (including phenoxy) is 1. The third-order valence-electron chi connectivity index (χ3n) is 4.75. The van der Waals surface area contributed by atoms with Gasteiger partial charge in [-0.25, -0.2) is 0 Å². The second-order valence-corrected chi connectivity index (χ2v) is 7.34. The zero-order chi connectivity index (χ0) is 18.8. The standard InChI is InChI=1S/C18H21N3O4S/c1-11-8-15(21(23)24)16(25-3)9-14(11)19-18(22)10-20-6-4-17-13(12(20)2)5-7-26-17/h5,7-9,12H,4,6,10H2,1-3H3,(H,19,22)/t12-/m1/s1. The lowest BCUT2D eigenvalue weighted by Crippen LogP contribution is -2.39. The van der Waals surface area contributed by atoms with Gasteiger partial charge >= 0.3 is 5.69 Å². The Morgan fingerprint density at radius 1 is 1.50 bits per heavy atom. The van der Waals surface area contributed by atoms with E-state index in [2.05, 4.69) is 28.6 Å².